The topological polar surface area (TPSA) is 63.1 Å². The standard InChI is InChI=1S/C4H2Cl2N2O2S/c5-2-1-3(11(9)10)8-4(6)7-2/h1H,(H,9,10). The zero-order valence-electron chi connectivity index (χ0n) is 4.99. The Morgan fingerprint density at radius 1 is 1.45 bits per heavy atom. The minimum Gasteiger partial charge on any atom is -0.301 e. The van der Waals surface area contributed by atoms with Gasteiger partial charge in [-0.15, -0.1) is 0 Å². The van der Waals surface area contributed by atoms with Gasteiger partial charge in [-0.25, -0.2) is 14.2 Å². The van der Waals surface area contributed by atoms with Crippen LogP contribution < -0.4 is 0 Å². The third-order valence-electron chi connectivity index (χ3n) is 0.823. The second kappa shape index (κ2) is 3.44. The van der Waals surface area contributed by atoms with Crippen molar-refractivity contribution in [1.29, 1.82) is 0 Å². The second-order valence-electron chi connectivity index (χ2n) is 1.55. The summed E-state index contributed by atoms with van der Waals surface area (Å²) in [7, 11) is 0. The summed E-state index contributed by atoms with van der Waals surface area (Å²) < 4.78 is 18.9. The van der Waals surface area contributed by atoms with Crippen LogP contribution in [0.15, 0.2) is 11.1 Å². The Hall–Kier alpha value is -0.230. The normalized spacial score (nSPS) is 13.0. The predicted octanol–water partition coefficient (Wildman–Crippen LogP) is 1.36. The molecule has 0 amide bonds. The van der Waals surface area contributed by atoms with Crippen molar-refractivity contribution in [2.75, 3.05) is 0 Å². The Morgan fingerprint density at radius 2 is 2.09 bits per heavy atom. The van der Waals surface area contributed by atoms with Crippen molar-refractivity contribution in [3.05, 3.63) is 16.5 Å². The van der Waals surface area contributed by atoms with Crippen molar-refractivity contribution in [2.45, 2.75) is 5.03 Å². The summed E-state index contributed by atoms with van der Waals surface area (Å²) in [5, 5.41) is -0.202. The summed E-state index contributed by atoms with van der Waals surface area (Å²) in [5.41, 5.74) is 0. The Labute approximate surface area is 74.9 Å². The highest BCUT2D eigenvalue weighted by molar-refractivity contribution is 7.79. The van der Waals surface area contributed by atoms with Crippen LogP contribution in [-0.2, 0) is 11.1 Å². The summed E-state index contributed by atoms with van der Waals surface area (Å²) in [6.45, 7) is 0. The van der Waals surface area contributed by atoms with E-state index in [-0.39, 0.29) is 15.5 Å². The van der Waals surface area contributed by atoms with E-state index in [1.165, 1.54) is 6.07 Å². The van der Waals surface area contributed by atoms with Gasteiger partial charge in [-0.1, -0.05) is 11.6 Å². The van der Waals surface area contributed by atoms with Crippen LogP contribution in [0, 0.1) is 0 Å². The molecule has 0 aliphatic rings. The quantitative estimate of drug-likeness (QED) is 0.434. The van der Waals surface area contributed by atoms with Crippen molar-refractivity contribution >= 4 is 34.3 Å². The molecule has 7 heteroatoms. The minimum absolute atomic E-state index is 0.0439. The van der Waals surface area contributed by atoms with Crippen LogP contribution >= 0.6 is 23.2 Å². The molecule has 0 aromatic carbocycles. The predicted molar refractivity (Wildman–Crippen MR) is 41.1 cm³/mol. The molecule has 0 saturated carbocycles. The lowest BCUT2D eigenvalue weighted by molar-refractivity contribution is 0.560. The molecule has 0 aliphatic heterocycles. The van der Waals surface area contributed by atoms with Gasteiger partial charge in [0.2, 0.25) is 16.4 Å². The van der Waals surface area contributed by atoms with Gasteiger partial charge in [0.25, 0.3) is 0 Å². The molecule has 0 bridgehead atoms. The highest BCUT2D eigenvalue weighted by Crippen LogP contribution is 2.12. The van der Waals surface area contributed by atoms with E-state index in [2.05, 4.69) is 9.97 Å². The molecule has 1 aromatic rings. The van der Waals surface area contributed by atoms with Gasteiger partial charge in [-0.05, 0) is 11.6 Å². The summed E-state index contributed by atoms with van der Waals surface area (Å²) >= 11 is 8.59. The van der Waals surface area contributed by atoms with E-state index < -0.39 is 11.1 Å². The molecule has 0 radical (unpaired) electrons. The maximum Gasteiger partial charge on any atom is 0.225 e. The van der Waals surface area contributed by atoms with E-state index in [0.29, 0.717) is 0 Å². The van der Waals surface area contributed by atoms with E-state index in [1.807, 2.05) is 0 Å². The van der Waals surface area contributed by atoms with E-state index >= 15 is 0 Å². The fourth-order valence-corrected chi connectivity index (χ4v) is 1.36. The van der Waals surface area contributed by atoms with Crippen molar-refractivity contribution < 1.29 is 8.76 Å². The molecule has 0 spiro atoms. The molecule has 60 valence electrons. The fourth-order valence-electron chi connectivity index (χ4n) is 0.460. The Morgan fingerprint density at radius 3 is 2.55 bits per heavy atom. The van der Waals surface area contributed by atoms with Crippen LogP contribution in [0.4, 0.5) is 0 Å². The number of hydrogen-bond acceptors (Lipinski definition) is 3. The van der Waals surface area contributed by atoms with Gasteiger partial charge in [-0.2, -0.15) is 0 Å². The number of rotatable bonds is 1. The minimum atomic E-state index is -2.17. The first-order chi connectivity index (χ1) is 5.09. The molecule has 1 rings (SSSR count). The third-order valence-corrected chi connectivity index (χ3v) is 1.75. The number of aromatic nitrogens is 2. The van der Waals surface area contributed by atoms with Gasteiger partial charge in [0.1, 0.15) is 5.15 Å². The van der Waals surface area contributed by atoms with Crippen LogP contribution in [0.3, 0.4) is 0 Å². The fraction of sp³-hybridized carbons (Fsp3) is 0. The first-order valence-electron chi connectivity index (χ1n) is 2.40. The maximum atomic E-state index is 10.4. The summed E-state index contributed by atoms with van der Waals surface area (Å²) in [6, 6.07) is 1.17. The highest BCUT2D eigenvalue weighted by Gasteiger charge is 2.05. The monoisotopic (exact) mass is 212 g/mol. The SMILES string of the molecule is O=S(O)c1cc(Cl)nc(Cl)n1. The molecule has 1 heterocycles. The summed E-state index contributed by atoms with van der Waals surface area (Å²) in [4.78, 5) is 6.94. The van der Waals surface area contributed by atoms with Crippen LogP contribution in [0.5, 0.6) is 0 Å². The molecule has 1 atom stereocenters. The van der Waals surface area contributed by atoms with Crippen LogP contribution in [0.1, 0.15) is 0 Å². The van der Waals surface area contributed by atoms with Crippen molar-refractivity contribution in [3.63, 3.8) is 0 Å². The van der Waals surface area contributed by atoms with Crippen LogP contribution in [0.25, 0.3) is 0 Å². The first-order valence-corrected chi connectivity index (χ1v) is 4.27. The first kappa shape index (κ1) is 8.86. The number of hydrogen-bond donors (Lipinski definition) is 1. The Kier molecular flexibility index (Phi) is 2.78. The van der Waals surface area contributed by atoms with Gasteiger partial charge in [0, 0.05) is 6.07 Å². The lowest BCUT2D eigenvalue weighted by atomic mass is 10.7. The lowest BCUT2D eigenvalue weighted by Gasteiger charge is -1.94. The highest BCUT2D eigenvalue weighted by atomic mass is 35.5. The summed E-state index contributed by atoms with van der Waals surface area (Å²) in [6.07, 6.45) is 0. The van der Waals surface area contributed by atoms with E-state index in [0.717, 1.165) is 0 Å². The largest absolute Gasteiger partial charge is 0.301 e. The second-order valence-corrected chi connectivity index (χ2v) is 3.19. The molecule has 4 nitrogen and oxygen atoms in total. The average Bonchev–Trinajstić information content (AvgIpc) is 1.85. The molecular weight excluding hydrogens is 211 g/mol. The van der Waals surface area contributed by atoms with Crippen LogP contribution in [0.2, 0.25) is 10.4 Å². The molecule has 0 saturated heterocycles. The molecular formula is C4H2Cl2N2O2S. The van der Waals surface area contributed by atoms with Crippen molar-refractivity contribution in [2.24, 2.45) is 0 Å². The Balaban J connectivity index is 3.19. The summed E-state index contributed by atoms with van der Waals surface area (Å²) in [5.74, 6) is 0. The zero-order chi connectivity index (χ0) is 8.43. The lowest BCUT2D eigenvalue weighted by Crippen LogP contribution is -1.94. The van der Waals surface area contributed by atoms with E-state index in [1.54, 1.807) is 0 Å². The molecule has 11 heavy (non-hydrogen) atoms. The van der Waals surface area contributed by atoms with Gasteiger partial charge >= 0.3 is 0 Å². The van der Waals surface area contributed by atoms with Gasteiger partial charge in [0.15, 0.2) is 5.03 Å². The molecule has 1 aromatic heterocycles. The molecule has 0 fully saturated rings. The number of nitrogens with zero attached hydrogens (tertiary/aromatic N) is 2. The Bertz CT molecular complexity index is 286. The van der Waals surface area contributed by atoms with E-state index in [4.69, 9.17) is 27.8 Å². The molecule has 1 unspecified atom stereocenters. The third kappa shape index (κ3) is 2.37. The van der Waals surface area contributed by atoms with Gasteiger partial charge < -0.3 is 4.55 Å². The molecule has 1 N–H and O–H groups in total. The van der Waals surface area contributed by atoms with Crippen molar-refractivity contribution in [3.8, 4) is 0 Å². The zero-order valence-corrected chi connectivity index (χ0v) is 7.32. The average molecular weight is 213 g/mol. The van der Waals surface area contributed by atoms with Gasteiger partial charge in [-0.3, -0.25) is 0 Å². The van der Waals surface area contributed by atoms with E-state index in [9.17, 15) is 4.21 Å². The van der Waals surface area contributed by atoms with Crippen molar-refractivity contribution in [1.82, 2.24) is 9.97 Å². The van der Waals surface area contributed by atoms with Crippen LogP contribution in [-0.4, -0.2) is 18.7 Å². The maximum absolute atomic E-state index is 10.4. The smallest absolute Gasteiger partial charge is 0.225 e. The molecule has 0 aliphatic carbocycles. The van der Waals surface area contributed by atoms with Gasteiger partial charge in [0.05, 0.1) is 0 Å². The number of halogens is 2.